The molecule has 4 rings (SSSR count). The summed E-state index contributed by atoms with van der Waals surface area (Å²) in [4.78, 5) is 45.3. The highest BCUT2D eigenvalue weighted by atomic mass is 16.5. The van der Waals surface area contributed by atoms with Gasteiger partial charge in [0, 0.05) is 30.6 Å². The summed E-state index contributed by atoms with van der Waals surface area (Å²) in [6.07, 6.45) is 6.71. The van der Waals surface area contributed by atoms with Crippen molar-refractivity contribution in [2.75, 3.05) is 6.61 Å². The van der Waals surface area contributed by atoms with Gasteiger partial charge < -0.3 is 20.7 Å². The monoisotopic (exact) mass is 475 g/mol. The third kappa shape index (κ3) is 4.15. The van der Waals surface area contributed by atoms with Gasteiger partial charge in [-0.25, -0.2) is 0 Å². The van der Waals surface area contributed by atoms with Gasteiger partial charge in [-0.05, 0) is 55.6 Å². The summed E-state index contributed by atoms with van der Waals surface area (Å²) >= 11 is 0. The van der Waals surface area contributed by atoms with Crippen molar-refractivity contribution < 1.29 is 34.1 Å². The number of Topliss-reactive ketones (excluding diaryl/α,β-unsaturated/α-hetero) is 1. The number of esters is 1. The number of hydrogen-bond donors (Lipinski definition) is 3. The van der Waals surface area contributed by atoms with Crippen molar-refractivity contribution in [1.29, 1.82) is 0 Å². The van der Waals surface area contributed by atoms with Gasteiger partial charge in [0.2, 0.25) is 11.7 Å². The Hall–Kier alpha value is -2.32. The normalized spacial score (nSPS) is 42.3. The summed E-state index contributed by atoms with van der Waals surface area (Å²) < 4.78 is 4.89. The molecule has 4 aliphatic carbocycles. The Labute approximate surface area is 200 Å². The molecule has 0 unspecified atom stereocenters. The van der Waals surface area contributed by atoms with Crippen LogP contribution in [0.2, 0.25) is 0 Å². The number of aliphatic hydroxyl groups excluding tert-OH is 1. The Morgan fingerprint density at radius 2 is 1.85 bits per heavy atom. The van der Waals surface area contributed by atoms with Crippen LogP contribution >= 0.6 is 0 Å². The number of fused-ring (bicyclic) bond motifs is 5. The Morgan fingerprint density at radius 1 is 1.24 bits per heavy atom. The Kier molecular flexibility index (Phi) is 6.99. The molecule has 3 saturated carbocycles. The maximum absolute atomic E-state index is 12.9. The maximum Gasteiger partial charge on any atom is 0.303 e. The zero-order chi connectivity index (χ0) is 25.6. The first-order chi connectivity index (χ1) is 15.7. The SMILES string of the molecule is CC(=O)OCC(=O)[C@@]1(O)CC[C@H]2[C@@H]3C[C@H](C)C4=CC(=O)C=C[C@]4(C)[C@H]3[C@@H](O)C[C@@]21C.CC(N)=O. The number of amides is 1. The summed E-state index contributed by atoms with van der Waals surface area (Å²) in [6, 6.07) is 0. The van der Waals surface area contributed by atoms with Crippen LogP contribution in [0.1, 0.15) is 60.3 Å². The van der Waals surface area contributed by atoms with Crippen LogP contribution in [0.25, 0.3) is 0 Å². The minimum absolute atomic E-state index is 0.00535. The molecule has 8 heteroatoms. The van der Waals surface area contributed by atoms with E-state index in [1.54, 1.807) is 12.2 Å². The van der Waals surface area contributed by atoms with Gasteiger partial charge in [-0.2, -0.15) is 0 Å². The van der Waals surface area contributed by atoms with Crippen LogP contribution < -0.4 is 5.73 Å². The molecule has 8 nitrogen and oxygen atoms in total. The Morgan fingerprint density at radius 3 is 2.44 bits per heavy atom. The van der Waals surface area contributed by atoms with E-state index in [9.17, 15) is 29.4 Å². The highest BCUT2D eigenvalue weighted by Gasteiger charge is 2.68. The van der Waals surface area contributed by atoms with Crippen LogP contribution in [0.4, 0.5) is 0 Å². The van der Waals surface area contributed by atoms with Gasteiger partial charge in [-0.1, -0.05) is 32.4 Å². The lowest BCUT2D eigenvalue weighted by Crippen LogP contribution is -2.62. The van der Waals surface area contributed by atoms with Crippen LogP contribution in [0.5, 0.6) is 0 Å². The molecule has 3 fully saturated rings. The van der Waals surface area contributed by atoms with Gasteiger partial charge in [0.15, 0.2) is 12.4 Å². The van der Waals surface area contributed by atoms with Crippen LogP contribution in [0.3, 0.4) is 0 Å². The third-order valence-electron chi connectivity index (χ3n) is 8.84. The lowest BCUT2D eigenvalue weighted by Gasteiger charge is -2.60. The van der Waals surface area contributed by atoms with Crippen molar-refractivity contribution >= 4 is 23.4 Å². The minimum Gasteiger partial charge on any atom is -0.458 e. The molecule has 0 aromatic rings. The predicted molar refractivity (Wildman–Crippen MR) is 124 cm³/mol. The number of ketones is 2. The number of rotatable bonds is 3. The zero-order valence-electron chi connectivity index (χ0n) is 20.7. The Balaban J connectivity index is 0.000000751. The van der Waals surface area contributed by atoms with E-state index in [-0.39, 0.29) is 35.4 Å². The van der Waals surface area contributed by atoms with E-state index in [2.05, 4.69) is 19.6 Å². The molecule has 8 atom stereocenters. The zero-order valence-corrected chi connectivity index (χ0v) is 20.7. The average molecular weight is 476 g/mol. The Bertz CT molecular complexity index is 951. The average Bonchev–Trinajstić information content (AvgIpc) is 2.98. The van der Waals surface area contributed by atoms with Crippen molar-refractivity contribution in [2.45, 2.75) is 72.0 Å². The smallest absolute Gasteiger partial charge is 0.303 e. The van der Waals surface area contributed by atoms with Crippen molar-refractivity contribution in [3.05, 3.63) is 23.8 Å². The predicted octanol–water partition coefficient (Wildman–Crippen LogP) is 1.87. The number of ether oxygens (including phenoxy) is 1. The molecule has 0 radical (unpaired) electrons. The lowest BCUT2D eigenvalue weighted by molar-refractivity contribution is -0.182. The van der Waals surface area contributed by atoms with Crippen molar-refractivity contribution in [3.8, 4) is 0 Å². The fourth-order valence-electron chi connectivity index (χ4n) is 7.50. The van der Waals surface area contributed by atoms with Crippen LogP contribution in [-0.2, 0) is 23.9 Å². The molecule has 0 aromatic heterocycles. The van der Waals surface area contributed by atoms with Gasteiger partial charge in [0.25, 0.3) is 0 Å². The van der Waals surface area contributed by atoms with E-state index < -0.39 is 40.9 Å². The first-order valence-electron chi connectivity index (χ1n) is 12.0. The van der Waals surface area contributed by atoms with E-state index in [1.807, 2.05) is 13.0 Å². The third-order valence-corrected chi connectivity index (χ3v) is 8.84. The van der Waals surface area contributed by atoms with E-state index in [0.717, 1.165) is 12.0 Å². The van der Waals surface area contributed by atoms with Crippen LogP contribution in [0.15, 0.2) is 23.8 Å². The molecule has 0 aliphatic heterocycles. The quantitative estimate of drug-likeness (QED) is 0.529. The molecule has 34 heavy (non-hydrogen) atoms. The number of carbonyl (C=O) groups is 4. The summed E-state index contributed by atoms with van der Waals surface area (Å²) in [5, 5.41) is 22.9. The molecule has 0 spiro atoms. The molecule has 0 saturated heterocycles. The summed E-state index contributed by atoms with van der Waals surface area (Å²) in [7, 11) is 0. The molecule has 1 amide bonds. The van der Waals surface area contributed by atoms with Gasteiger partial charge in [0.1, 0.15) is 5.60 Å². The largest absolute Gasteiger partial charge is 0.458 e. The van der Waals surface area contributed by atoms with Gasteiger partial charge in [0.05, 0.1) is 6.10 Å². The van der Waals surface area contributed by atoms with Crippen LogP contribution in [0, 0.1) is 34.5 Å². The van der Waals surface area contributed by atoms with Gasteiger partial charge >= 0.3 is 5.97 Å². The summed E-state index contributed by atoms with van der Waals surface area (Å²) in [5.74, 6) is -1.05. The molecule has 4 aliphatic rings. The fourth-order valence-corrected chi connectivity index (χ4v) is 7.50. The van der Waals surface area contributed by atoms with Gasteiger partial charge in [-0.3, -0.25) is 19.2 Å². The molecule has 4 N–H and O–H groups in total. The topological polar surface area (TPSA) is 144 Å². The highest BCUT2D eigenvalue weighted by molar-refractivity contribution is 6.01. The number of carbonyl (C=O) groups excluding carboxylic acids is 4. The number of allylic oxidation sites excluding steroid dienone is 4. The van der Waals surface area contributed by atoms with E-state index in [1.165, 1.54) is 13.8 Å². The second-order valence-electron chi connectivity index (χ2n) is 11.0. The van der Waals surface area contributed by atoms with Crippen molar-refractivity contribution in [3.63, 3.8) is 0 Å². The molecular formula is C26H37NO7. The fraction of sp³-hybridized carbons (Fsp3) is 0.692. The molecule has 188 valence electrons. The van der Waals surface area contributed by atoms with Gasteiger partial charge in [-0.15, -0.1) is 0 Å². The number of primary amides is 1. The second kappa shape index (κ2) is 9.04. The summed E-state index contributed by atoms with van der Waals surface area (Å²) in [6.45, 7) is 8.24. The van der Waals surface area contributed by atoms with Crippen molar-refractivity contribution in [2.24, 2.45) is 40.2 Å². The maximum atomic E-state index is 12.9. The van der Waals surface area contributed by atoms with E-state index >= 15 is 0 Å². The molecule has 0 heterocycles. The van der Waals surface area contributed by atoms with E-state index in [4.69, 9.17) is 4.74 Å². The minimum atomic E-state index is -1.61. The highest BCUT2D eigenvalue weighted by Crippen LogP contribution is 2.67. The lowest BCUT2D eigenvalue weighted by atomic mass is 9.45. The number of hydrogen-bond acceptors (Lipinski definition) is 7. The standard InChI is InChI=1S/C24H32O6.C2H5NO/c1-13-9-16-17-6-8-24(29,20(28)12-30-14(2)25)23(17,4)11-19(27)21(16)22(3)7-5-15(26)10-18(13)22;1-2(3)4/h5,7,10,13,16-17,19,21,27,29H,6,8-9,11-12H2,1-4H3;1H3,(H2,3,4)/t13-,16-,17-,19-,21+,22-,23-,24-;/m0./s1. The van der Waals surface area contributed by atoms with E-state index in [0.29, 0.717) is 19.3 Å². The molecule has 0 aromatic carbocycles. The first-order valence-corrected chi connectivity index (χ1v) is 12.0. The van der Waals surface area contributed by atoms with Crippen LogP contribution in [-0.4, -0.2) is 52.0 Å². The summed E-state index contributed by atoms with van der Waals surface area (Å²) in [5.41, 5.74) is 2.76. The second-order valence-corrected chi connectivity index (χ2v) is 11.0. The molecular weight excluding hydrogens is 438 g/mol. The molecule has 0 bridgehead atoms. The van der Waals surface area contributed by atoms with Crippen molar-refractivity contribution in [1.82, 2.24) is 0 Å². The number of nitrogens with two attached hydrogens (primary N) is 1. The first kappa shape index (κ1) is 26.3. The number of aliphatic hydroxyl groups is 2.